The molecule has 1 rings (SSSR count). The third-order valence-electron chi connectivity index (χ3n) is 3.54. The fourth-order valence-corrected chi connectivity index (χ4v) is 2.28. The van der Waals surface area contributed by atoms with Crippen molar-refractivity contribution in [3.63, 3.8) is 0 Å². The smallest absolute Gasteiger partial charge is 0.00414 e. The van der Waals surface area contributed by atoms with Crippen molar-refractivity contribution in [3.8, 4) is 0 Å². The van der Waals surface area contributed by atoms with Crippen molar-refractivity contribution in [3.05, 3.63) is 0 Å². The number of nitrogens with two attached hydrogens (primary N) is 1. The van der Waals surface area contributed by atoms with Crippen LogP contribution in [0.25, 0.3) is 0 Å². The highest BCUT2D eigenvalue weighted by Gasteiger charge is 2.19. The highest BCUT2D eigenvalue weighted by molar-refractivity contribution is 4.75. The molecule has 0 saturated heterocycles. The molecule has 0 bridgehead atoms. The Bertz CT molecular complexity index is 129. The van der Waals surface area contributed by atoms with Gasteiger partial charge < -0.3 is 5.73 Å². The summed E-state index contributed by atoms with van der Waals surface area (Å²) in [5.74, 6) is 0.987. The van der Waals surface area contributed by atoms with Gasteiger partial charge in [-0.2, -0.15) is 0 Å². The maximum atomic E-state index is 6.10. The average Bonchev–Trinajstić information content (AvgIpc) is 2.11. The van der Waals surface area contributed by atoms with Crippen molar-refractivity contribution in [2.45, 2.75) is 77.2 Å². The van der Waals surface area contributed by atoms with Crippen LogP contribution in [0.5, 0.6) is 0 Å². The van der Waals surface area contributed by atoms with Crippen LogP contribution in [-0.4, -0.2) is 6.04 Å². The standard InChI is InChI=1S/C13H27N/c1-2-3-4-5-6-10-13(14)11-12-8-7-9-12/h12-13H,2-11,14H2,1H3. The lowest BCUT2D eigenvalue weighted by Crippen LogP contribution is -2.26. The van der Waals surface area contributed by atoms with E-state index in [0.717, 1.165) is 5.92 Å². The maximum Gasteiger partial charge on any atom is 0.00414 e. The van der Waals surface area contributed by atoms with Crippen molar-refractivity contribution < 1.29 is 0 Å². The number of rotatable bonds is 8. The van der Waals surface area contributed by atoms with Crippen LogP contribution >= 0.6 is 0 Å². The van der Waals surface area contributed by atoms with Crippen molar-refractivity contribution in [2.75, 3.05) is 0 Å². The molecule has 0 spiro atoms. The van der Waals surface area contributed by atoms with Crippen molar-refractivity contribution >= 4 is 0 Å². The van der Waals surface area contributed by atoms with Gasteiger partial charge in [-0.1, -0.05) is 58.3 Å². The molecule has 1 unspecified atom stereocenters. The molecule has 0 aromatic heterocycles. The molecule has 14 heavy (non-hydrogen) atoms. The Hall–Kier alpha value is -0.0400. The molecule has 1 saturated carbocycles. The van der Waals surface area contributed by atoms with Crippen molar-refractivity contribution in [1.29, 1.82) is 0 Å². The second-order valence-corrected chi connectivity index (χ2v) is 5.00. The molecule has 2 N–H and O–H groups in total. The van der Waals surface area contributed by atoms with Gasteiger partial charge in [-0.05, 0) is 18.8 Å². The number of hydrogen-bond donors (Lipinski definition) is 1. The molecule has 1 aliphatic carbocycles. The van der Waals surface area contributed by atoms with E-state index in [-0.39, 0.29) is 0 Å². The molecule has 0 aliphatic heterocycles. The second kappa shape index (κ2) is 7.28. The zero-order valence-corrected chi connectivity index (χ0v) is 9.80. The predicted octanol–water partition coefficient (Wildman–Crippen LogP) is 3.86. The highest BCUT2D eigenvalue weighted by atomic mass is 14.6. The molecule has 1 aliphatic rings. The first-order valence-corrected chi connectivity index (χ1v) is 6.58. The van der Waals surface area contributed by atoms with E-state index in [9.17, 15) is 0 Å². The molecular weight excluding hydrogens is 170 g/mol. The Labute approximate surface area is 89.5 Å². The Morgan fingerprint density at radius 1 is 1.14 bits per heavy atom. The summed E-state index contributed by atoms with van der Waals surface area (Å²) in [5.41, 5.74) is 6.10. The van der Waals surface area contributed by atoms with E-state index in [1.807, 2.05) is 0 Å². The van der Waals surface area contributed by atoms with Gasteiger partial charge in [0, 0.05) is 6.04 Å². The third kappa shape index (κ3) is 4.99. The lowest BCUT2D eigenvalue weighted by Gasteiger charge is -2.28. The van der Waals surface area contributed by atoms with Gasteiger partial charge in [0.15, 0.2) is 0 Å². The molecule has 1 heteroatoms. The number of unbranched alkanes of at least 4 members (excludes halogenated alkanes) is 4. The molecule has 0 aromatic rings. The Morgan fingerprint density at radius 2 is 1.86 bits per heavy atom. The summed E-state index contributed by atoms with van der Waals surface area (Å²) in [6.45, 7) is 2.27. The minimum absolute atomic E-state index is 0.502. The highest BCUT2D eigenvalue weighted by Crippen LogP contribution is 2.30. The van der Waals surface area contributed by atoms with Gasteiger partial charge in [0.2, 0.25) is 0 Å². The molecule has 0 aromatic carbocycles. The van der Waals surface area contributed by atoms with E-state index in [1.165, 1.54) is 64.2 Å². The third-order valence-corrected chi connectivity index (χ3v) is 3.54. The molecule has 1 fully saturated rings. The summed E-state index contributed by atoms with van der Waals surface area (Å²) in [6, 6.07) is 0.502. The first kappa shape index (κ1) is 12.0. The zero-order valence-electron chi connectivity index (χ0n) is 9.80. The van der Waals surface area contributed by atoms with Crippen LogP contribution < -0.4 is 5.73 Å². The van der Waals surface area contributed by atoms with Crippen molar-refractivity contribution in [1.82, 2.24) is 0 Å². The van der Waals surface area contributed by atoms with E-state index >= 15 is 0 Å². The quantitative estimate of drug-likeness (QED) is 0.587. The lowest BCUT2D eigenvalue weighted by atomic mass is 9.80. The fourth-order valence-electron chi connectivity index (χ4n) is 2.28. The summed E-state index contributed by atoms with van der Waals surface area (Å²) in [6.07, 6.45) is 13.8. The Kier molecular flexibility index (Phi) is 6.25. The Balaban J connectivity index is 1.84. The van der Waals surface area contributed by atoms with Gasteiger partial charge in [-0.25, -0.2) is 0 Å². The van der Waals surface area contributed by atoms with Crippen LogP contribution in [0, 0.1) is 5.92 Å². The molecule has 0 radical (unpaired) electrons. The van der Waals surface area contributed by atoms with Crippen LogP contribution in [0.15, 0.2) is 0 Å². The van der Waals surface area contributed by atoms with Gasteiger partial charge >= 0.3 is 0 Å². The molecular formula is C13H27N. The van der Waals surface area contributed by atoms with Crippen LogP contribution in [0.1, 0.15) is 71.1 Å². The van der Waals surface area contributed by atoms with E-state index in [1.54, 1.807) is 0 Å². The maximum absolute atomic E-state index is 6.10. The van der Waals surface area contributed by atoms with Gasteiger partial charge in [0.25, 0.3) is 0 Å². The van der Waals surface area contributed by atoms with Gasteiger partial charge in [-0.15, -0.1) is 0 Å². The summed E-state index contributed by atoms with van der Waals surface area (Å²) >= 11 is 0. The predicted molar refractivity (Wildman–Crippen MR) is 63.3 cm³/mol. The lowest BCUT2D eigenvalue weighted by molar-refractivity contribution is 0.270. The van der Waals surface area contributed by atoms with Gasteiger partial charge in [-0.3, -0.25) is 0 Å². The summed E-state index contributed by atoms with van der Waals surface area (Å²) in [4.78, 5) is 0. The molecule has 84 valence electrons. The topological polar surface area (TPSA) is 26.0 Å². The normalized spacial score (nSPS) is 19.3. The fraction of sp³-hybridized carbons (Fsp3) is 1.00. The zero-order chi connectivity index (χ0) is 10.2. The molecule has 1 nitrogen and oxygen atoms in total. The molecule has 0 heterocycles. The van der Waals surface area contributed by atoms with Crippen LogP contribution in [0.3, 0.4) is 0 Å². The van der Waals surface area contributed by atoms with Crippen LogP contribution in [0.4, 0.5) is 0 Å². The summed E-state index contributed by atoms with van der Waals surface area (Å²) < 4.78 is 0. The molecule has 0 amide bonds. The summed E-state index contributed by atoms with van der Waals surface area (Å²) in [7, 11) is 0. The van der Waals surface area contributed by atoms with Gasteiger partial charge in [0.05, 0.1) is 0 Å². The SMILES string of the molecule is CCCCCCCC(N)CC1CCC1. The minimum Gasteiger partial charge on any atom is -0.328 e. The number of hydrogen-bond acceptors (Lipinski definition) is 1. The average molecular weight is 197 g/mol. The molecule has 1 atom stereocenters. The van der Waals surface area contributed by atoms with E-state index in [2.05, 4.69) is 6.92 Å². The van der Waals surface area contributed by atoms with E-state index in [0.29, 0.717) is 6.04 Å². The van der Waals surface area contributed by atoms with Crippen molar-refractivity contribution in [2.24, 2.45) is 11.7 Å². The van der Waals surface area contributed by atoms with Crippen LogP contribution in [-0.2, 0) is 0 Å². The largest absolute Gasteiger partial charge is 0.328 e. The van der Waals surface area contributed by atoms with Gasteiger partial charge in [0.1, 0.15) is 0 Å². The first-order valence-electron chi connectivity index (χ1n) is 6.58. The summed E-state index contributed by atoms with van der Waals surface area (Å²) in [5, 5.41) is 0. The minimum atomic E-state index is 0.502. The Morgan fingerprint density at radius 3 is 2.43 bits per heavy atom. The monoisotopic (exact) mass is 197 g/mol. The second-order valence-electron chi connectivity index (χ2n) is 5.00. The van der Waals surface area contributed by atoms with E-state index < -0.39 is 0 Å². The van der Waals surface area contributed by atoms with Crippen LogP contribution in [0.2, 0.25) is 0 Å². The first-order chi connectivity index (χ1) is 6.83. The van der Waals surface area contributed by atoms with E-state index in [4.69, 9.17) is 5.73 Å².